The van der Waals surface area contributed by atoms with E-state index in [1.807, 2.05) is 0 Å². The lowest BCUT2D eigenvalue weighted by atomic mass is 9.84. The summed E-state index contributed by atoms with van der Waals surface area (Å²) in [5.41, 5.74) is 4.10. The molecule has 2 heterocycles. The zero-order chi connectivity index (χ0) is 43.8. The normalized spacial score (nSPS) is 28.2. The number of amides is 4. The number of nitrogens with one attached hydrogen (secondary N) is 3. The molecular weight excluding hydrogens is 762 g/mol. The number of ether oxygens (including phenoxy) is 1. The average molecular weight is 824 g/mol. The number of fused-ring (bicyclic) bond motifs is 2. The summed E-state index contributed by atoms with van der Waals surface area (Å²) in [6.45, 7) is 8.26. The third kappa shape index (κ3) is 14.9. The van der Waals surface area contributed by atoms with E-state index in [1.54, 1.807) is 64.1 Å². The van der Waals surface area contributed by atoms with Crippen LogP contribution < -0.4 is 16.1 Å². The minimum Gasteiger partial charge on any atom is -0.508 e. The second kappa shape index (κ2) is 23.4. The Morgan fingerprint density at radius 3 is 2.47 bits per heavy atom. The maximum absolute atomic E-state index is 14.3. The van der Waals surface area contributed by atoms with Crippen LogP contribution in [0.2, 0.25) is 0 Å². The van der Waals surface area contributed by atoms with Crippen LogP contribution in [0.15, 0.2) is 72.4 Å². The third-order valence-electron chi connectivity index (χ3n) is 10.4. The van der Waals surface area contributed by atoms with Crippen molar-refractivity contribution in [2.45, 2.75) is 110 Å². The Bertz CT molecular complexity index is 1760. The number of phenols is 1. The maximum Gasteiger partial charge on any atom is 0.325 e. The summed E-state index contributed by atoms with van der Waals surface area (Å²) < 4.78 is 6.00. The highest BCUT2D eigenvalue weighted by Gasteiger charge is 2.38. The Kier molecular flexibility index (Phi) is 19.2. The number of phenolic OH excluding ortho intramolecular Hbond substituents is 1. The Morgan fingerprint density at radius 2 is 1.81 bits per heavy atom. The van der Waals surface area contributed by atoms with Gasteiger partial charge in [0.05, 0.1) is 25.2 Å². The van der Waals surface area contributed by atoms with Crippen LogP contribution in [0.1, 0.15) is 72.3 Å². The van der Waals surface area contributed by atoms with Gasteiger partial charge >= 0.3 is 5.97 Å². The molecule has 0 aliphatic carbocycles. The molecule has 2 aliphatic rings. The number of allylic oxidation sites excluding steroid dienone is 4. The quantitative estimate of drug-likeness (QED) is 0.0867. The summed E-state index contributed by atoms with van der Waals surface area (Å²) in [6, 6.07) is 2.87. The second-order valence-corrected chi connectivity index (χ2v) is 15.4. The molecule has 3 rings (SSSR count). The molecule has 1 unspecified atom stereocenters. The predicted octanol–water partition coefficient (Wildman–Crippen LogP) is 2.35. The number of benzene rings is 1. The molecule has 6 N–H and O–H groups in total. The number of Topliss-reactive ketones (excluding diaryl/α,β-unsaturated/α-hetero) is 1. The Labute approximate surface area is 346 Å². The van der Waals surface area contributed by atoms with E-state index in [0.717, 1.165) is 5.06 Å². The number of carbonyl (C=O) groups is 6. The number of hydroxylamine groups is 2. The summed E-state index contributed by atoms with van der Waals surface area (Å²) in [5, 5.41) is 40.5. The molecule has 2 bridgehead atoms. The lowest BCUT2D eigenvalue weighted by Gasteiger charge is -2.36. The topological polar surface area (TPSA) is 224 Å². The molecule has 16 heteroatoms. The SMILES string of the molecule is CON(C)C(=O)/C=C/C=C(\C)[C@@H]1C/C=C/C=C/[C@H](O)[C@H](C)[C@@H](O)[C@@H](CCC(C)=O)C(=O)N[C@@H](C(C)C)C(=O)N[C@@H](Cc2cccc(O)c2)C(=O)N2CCCC(N2)C(=O)O1. The lowest BCUT2D eigenvalue weighted by Crippen LogP contribution is -2.62. The standard InChI is InChI=1S/C43H61N5O11/c1-26(2)38-41(55)44-34(25-30-15-12-16-31(50)24-30)42(56)48-23-13-17-33(46-48)43(57)59-36(27(3)14-11-20-37(52)47(6)58-7)19-10-8-9-18-35(51)29(5)39(53)32(40(54)45-38)22-21-28(4)49/h8-12,14-16,18,20,24,26,29,32-36,38-39,46,50-51,53H,13,17,19,21-23,25H2,1-7H3,(H,44,55)(H,45,54)/b10-8+,18-9+,20-11+,27-14+/t29-,32+,33?,34-,35-,36-,38-,39+/m0/s1. The number of hydrogen-bond acceptors (Lipinski definition) is 12. The number of likely N-dealkylation sites (N-methyl/N-ethyl adjacent to an activating group) is 1. The Hall–Kier alpha value is -5.16. The van der Waals surface area contributed by atoms with Crippen LogP contribution in [-0.4, -0.2) is 118 Å². The number of esters is 1. The molecular formula is C43H61N5O11. The van der Waals surface area contributed by atoms with Crippen molar-refractivity contribution in [1.29, 1.82) is 0 Å². The van der Waals surface area contributed by atoms with E-state index in [0.29, 0.717) is 24.0 Å². The second-order valence-electron chi connectivity index (χ2n) is 15.4. The zero-order valence-corrected chi connectivity index (χ0v) is 35.0. The Morgan fingerprint density at radius 1 is 1.08 bits per heavy atom. The number of aliphatic hydroxyl groups is 2. The maximum atomic E-state index is 14.3. The summed E-state index contributed by atoms with van der Waals surface area (Å²) in [4.78, 5) is 85.2. The van der Waals surface area contributed by atoms with Gasteiger partial charge in [-0.2, -0.15) is 0 Å². The third-order valence-corrected chi connectivity index (χ3v) is 10.4. The molecule has 0 aromatic heterocycles. The highest BCUT2D eigenvalue weighted by Crippen LogP contribution is 2.24. The number of carbonyl (C=O) groups excluding carboxylic acids is 6. The predicted molar refractivity (Wildman–Crippen MR) is 218 cm³/mol. The summed E-state index contributed by atoms with van der Waals surface area (Å²) in [5.74, 6) is -5.85. The van der Waals surface area contributed by atoms with Gasteiger partial charge in [-0.3, -0.25) is 33.8 Å². The number of cyclic esters (lactones) is 1. The van der Waals surface area contributed by atoms with Gasteiger partial charge in [0.25, 0.3) is 11.8 Å². The van der Waals surface area contributed by atoms with Gasteiger partial charge in [0.2, 0.25) is 11.8 Å². The fourth-order valence-electron chi connectivity index (χ4n) is 6.63. The first-order valence-electron chi connectivity index (χ1n) is 20.0. The van der Waals surface area contributed by atoms with Crippen LogP contribution >= 0.6 is 0 Å². The molecule has 1 fully saturated rings. The number of hydrazine groups is 1. The van der Waals surface area contributed by atoms with E-state index in [-0.39, 0.29) is 43.8 Å². The smallest absolute Gasteiger partial charge is 0.325 e. The van der Waals surface area contributed by atoms with Crippen molar-refractivity contribution in [3.8, 4) is 5.75 Å². The van der Waals surface area contributed by atoms with E-state index in [9.17, 15) is 44.1 Å². The highest BCUT2D eigenvalue weighted by atomic mass is 16.7. The van der Waals surface area contributed by atoms with Crippen molar-refractivity contribution < 1.29 is 53.7 Å². The summed E-state index contributed by atoms with van der Waals surface area (Å²) >= 11 is 0. The van der Waals surface area contributed by atoms with E-state index >= 15 is 0 Å². The number of hydrogen-bond donors (Lipinski definition) is 6. The van der Waals surface area contributed by atoms with Crippen LogP contribution in [-0.2, 0) is 44.8 Å². The average Bonchev–Trinajstić information content (AvgIpc) is 3.20. The number of nitrogens with zero attached hydrogens (tertiary/aromatic N) is 2. The number of rotatable bonds is 10. The van der Waals surface area contributed by atoms with E-state index in [4.69, 9.17) is 9.57 Å². The molecule has 4 amide bonds. The molecule has 324 valence electrons. The molecule has 1 saturated heterocycles. The fourth-order valence-corrected chi connectivity index (χ4v) is 6.63. The lowest BCUT2D eigenvalue weighted by molar-refractivity contribution is -0.162. The monoisotopic (exact) mass is 823 g/mol. The molecule has 59 heavy (non-hydrogen) atoms. The van der Waals surface area contributed by atoms with Crippen LogP contribution in [0.5, 0.6) is 5.75 Å². The Balaban J connectivity index is 2.08. The van der Waals surface area contributed by atoms with Crippen molar-refractivity contribution in [2.24, 2.45) is 17.8 Å². The zero-order valence-electron chi connectivity index (χ0n) is 35.0. The first kappa shape index (κ1) is 48.2. The van der Waals surface area contributed by atoms with Crippen molar-refractivity contribution in [3.05, 3.63) is 77.9 Å². The molecule has 1 aromatic carbocycles. The molecule has 8 atom stereocenters. The fraction of sp³-hybridized carbons (Fsp3) is 0.535. The largest absolute Gasteiger partial charge is 0.508 e. The van der Waals surface area contributed by atoms with E-state index < -0.39 is 83.8 Å². The summed E-state index contributed by atoms with van der Waals surface area (Å²) in [6.07, 6.45) is 8.11. The van der Waals surface area contributed by atoms with Gasteiger partial charge in [-0.25, -0.2) is 10.5 Å². The molecule has 16 nitrogen and oxygen atoms in total. The minimum atomic E-state index is -1.43. The van der Waals surface area contributed by atoms with Gasteiger partial charge in [-0.15, -0.1) is 0 Å². The van der Waals surface area contributed by atoms with E-state index in [2.05, 4.69) is 16.1 Å². The van der Waals surface area contributed by atoms with Gasteiger partial charge in [0.15, 0.2) is 0 Å². The van der Waals surface area contributed by atoms with Gasteiger partial charge in [0, 0.05) is 44.8 Å². The van der Waals surface area contributed by atoms with Crippen molar-refractivity contribution in [3.63, 3.8) is 0 Å². The first-order valence-corrected chi connectivity index (χ1v) is 20.0. The van der Waals surface area contributed by atoms with Crippen molar-refractivity contribution in [1.82, 2.24) is 26.1 Å². The molecule has 0 radical (unpaired) electrons. The van der Waals surface area contributed by atoms with Gasteiger partial charge < -0.3 is 35.5 Å². The van der Waals surface area contributed by atoms with Gasteiger partial charge in [0.1, 0.15) is 35.8 Å². The van der Waals surface area contributed by atoms with Crippen LogP contribution in [0.3, 0.4) is 0 Å². The van der Waals surface area contributed by atoms with E-state index in [1.165, 1.54) is 56.5 Å². The van der Waals surface area contributed by atoms with Crippen molar-refractivity contribution in [2.75, 3.05) is 20.7 Å². The van der Waals surface area contributed by atoms with Crippen molar-refractivity contribution >= 4 is 35.4 Å². The minimum absolute atomic E-state index is 0.0324. The molecule has 1 aromatic rings. The van der Waals surface area contributed by atoms with Crippen LogP contribution in [0.4, 0.5) is 0 Å². The molecule has 0 saturated carbocycles. The van der Waals surface area contributed by atoms with Crippen LogP contribution in [0, 0.1) is 17.8 Å². The van der Waals surface area contributed by atoms with Crippen LogP contribution in [0.25, 0.3) is 0 Å². The van der Waals surface area contributed by atoms with Gasteiger partial charge in [-0.05, 0) is 62.3 Å². The van der Waals surface area contributed by atoms with Gasteiger partial charge in [-0.1, -0.05) is 69.4 Å². The first-order chi connectivity index (χ1) is 27.9. The number of aromatic hydroxyl groups is 1. The molecule has 0 spiro atoms. The highest BCUT2D eigenvalue weighted by molar-refractivity contribution is 5.93. The number of ketones is 1. The number of aliphatic hydroxyl groups excluding tert-OH is 2. The molecule has 2 aliphatic heterocycles. The summed E-state index contributed by atoms with van der Waals surface area (Å²) in [7, 11) is 2.81.